The molecule has 0 aromatic carbocycles. The lowest BCUT2D eigenvalue weighted by Crippen LogP contribution is -2.37. The van der Waals surface area contributed by atoms with Crippen LogP contribution in [-0.4, -0.2) is 60.2 Å². The molecule has 1 aliphatic heterocycles. The zero-order valence-corrected chi connectivity index (χ0v) is 18.1. The van der Waals surface area contributed by atoms with E-state index >= 15 is 0 Å². The van der Waals surface area contributed by atoms with Gasteiger partial charge in [-0.25, -0.2) is 0 Å². The lowest BCUT2D eigenvalue weighted by Gasteiger charge is -2.26. The highest BCUT2D eigenvalue weighted by molar-refractivity contribution is 5.76. The molecule has 0 spiro atoms. The lowest BCUT2D eigenvalue weighted by atomic mass is 10.1. The van der Waals surface area contributed by atoms with E-state index in [2.05, 4.69) is 5.32 Å². The third-order valence-electron chi connectivity index (χ3n) is 5.45. The number of hydrogen-bond acceptors (Lipinski definition) is 3. The third-order valence-corrected chi connectivity index (χ3v) is 5.45. The second-order valence-electron chi connectivity index (χ2n) is 8.01. The maximum atomic E-state index is 12.6. The number of nitrogens with one attached hydrogen (secondary N) is 1. The van der Waals surface area contributed by atoms with Gasteiger partial charge in [-0.3, -0.25) is 14.4 Å². The van der Waals surface area contributed by atoms with Gasteiger partial charge >= 0.3 is 0 Å². The van der Waals surface area contributed by atoms with Crippen LogP contribution < -0.4 is 5.32 Å². The maximum absolute atomic E-state index is 12.6. The van der Waals surface area contributed by atoms with Gasteiger partial charge in [-0.1, -0.05) is 44.9 Å². The van der Waals surface area contributed by atoms with E-state index in [1.807, 2.05) is 9.80 Å². The molecule has 0 aromatic heterocycles. The summed E-state index contributed by atoms with van der Waals surface area (Å²) in [6.07, 6.45) is 13.1. The fraction of sp³-hybridized carbons (Fsp3) is 0.864. The van der Waals surface area contributed by atoms with Gasteiger partial charge in [-0.05, 0) is 25.7 Å². The van der Waals surface area contributed by atoms with E-state index < -0.39 is 0 Å². The van der Waals surface area contributed by atoms with Crippen LogP contribution in [0.25, 0.3) is 0 Å². The van der Waals surface area contributed by atoms with Crippen LogP contribution in [0.3, 0.4) is 0 Å². The molecule has 1 heterocycles. The molecule has 0 unspecified atom stereocenters. The van der Waals surface area contributed by atoms with Crippen molar-refractivity contribution in [3.05, 3.63) is 0 Å². The Hall–Kier alpha value is -1.59. The average molecular weight is 396 g/mol. The van der Waals surface area contributed by atoms with Crippen LogP contribution in [0.5, 0.6) is 0 Å². The standard InChI is InChI=1S/C22H41N3O3/c1-20(26)23-15-12-17-24(21(2)27)18-13-19-25-16-11-9-7-5-3-4-6-8-10-14-22(25)28/h3-19H2,1-2H3,(H,23,26). The van der Waals surface area contributed by atoms with Crippen molar-refractivity contribution in [3.8, 4) is 0 Å². The Kier molecular flexibility index (Phi) is 13.4. The first-order chi connectivity index (χ1) is 13.5. The van der Waals surface area contributed by atoms with Crippen LogP contribution in [-0.2, 0) is 14.4 Å². The highest BCUT2D eigenvalue weighted by Gasteiger charge is 2.15. The predicted molar refractivity (Wildman–Crippen MR) is 113 cm³/mol. The van der Waals surface area contributed by atoms with Gasteiger partial charge in [0.05, 0.1) is 0 Å². The van der Waals surface area contributed by atoms with Gasteiger partial charge < -0.3 is 15.1 Å². The summed E-state index contributed by atoms with van der Waals surface area (Å²) < 4.78 is 0. The molecule has 6 heteroatoms. The van der Waals surface area contributed by atoms with E-state index in [1.54, 1.807) is 6.92 Å². The molecule has 0 bridgehead atoms. The largest absolute Gasteiger partial charge is 0.356 e. The highest BCUT2D eigenvalue weighted by atomic mass is 16.2. The van der Waals surface area contributed by atoms with Crippen molar-refractivity contribution in [3.63, 3.8) is 0 Å². The summed E-state index contributed by atoms with van der Waals surface area (Å²) in [7, 11) is 0. The molecule has 6 nitrogen and oxygen atoms in total. The Morgan fingerprint density at radius 2 is 1.46 bits per heavy atom. The molecule has 1 aliphatic rings. The number of rotatable bonds is 8. The van der Waals surface area contributed by atoms with Crippen molar-refractivity contribution in [2.75, 3.05) is 32.7 Å². The summed E-state index contributed by atoms with van der Waals surface area (Å²) in [5, 5.41) is 2.76. The molecule has 1 fully saturated rings. The van der Waals surface area contributed by atoms with E-state index in [0.717, 1.165) is 45.2 Å². The van der Waals surface area contributed by atoms with Crippen molar-refractivity contribution >= 4 is 17.7 Å². The fourth-order valence-corrected chi connectivity index (χ4v) is 3.75. The maximum Gasteiger partial charge on any atom is 0.222 e. The Labute approximate surface area is 171 Å². The van der Waals surface area contributed by atoms with Crippen LogP contribution in [0.15, 0.2) is 0 Å². The number of hydrogen-bond donors (Lipinski definition) is 1. The molecular formula is C22H41N3O3. The quantitative estimate of drug-likeness (QED) is 0.640. The second kappa shape index (κ2) is 15.3. The molecule has 0 saturated carbocycles. The first-order valence-corrected chi connectivity index (χ1v) is 11.3. The monoisotopic (exact) mass is 395 g/mol. The van der Waals surface area contributed by atoms with E-state index in [9.17, 15) is 14.4 Å². The first kappa shape index (κ1) is 24.4. The topological polar surface area (TPSA) is 69.7 Å². The van der Waals surface area contributed by atoms with Gasteiger partial charge in [0.2, 0.25) is 17.7 Å². The number of amides is 3. The third kappa shape index (κ3) is 12.0. The number of carbonyl (C=O) groups is 3. The molecule has 1 saturated heterocycles. The molecule has 162 valence electrons. The Morgan fingerprint density at radius 1 is 0.893 bits per heavy atom. The SMILES string of the molecule is CC(=O)NCCCN(CCCN1CCCCCCCCCCCC1=O)C(C)=O. The Balaban J connectivity index is 2.41. The zero-order valence-electron chi connectivity index (χ0n) is 18.1. The van der Waals surface area contributed by atoms with E-state index in [0.29, 0.717) is 26.1 Å². The predicted octanol–water partition coefficient (Wildman–Crippen LogP) is 3.49. The minimum Gasteiger partial charge on any atom is -0.356 e. The molecule has 0 radical (unpaired) electrons. The van der Waals surface area contributed by atoms with E-state index in [-0.39, 0.29) is 17.7 Å². The van der Waals surface area contributed by atoms with Crippen LogP contribution >= 0.6 is 0 Å². The van der Waals surface area contributed by atoms with Crippen molar-refractivity contribution in [2.24, 2.45) is 0 Å². The van der Waals surface area contributed by atoms with Crippen LogP contribution in [0, 0.1) is 0 Å². The Bertz CT molecular complexity index is 468. The van der Waals surface area contributed by atoms with Crippen molar-refractivity contribution in [1.82, 2.24) is 15.1 Å². The molecule has 28 heavy (non-hydrogen) atoms. The summed E-state index contributed by atoms with van der Waals surface area (Å²) in [6.45, 7) is 6.56. The zero-order chi connectivity index (χ0) is 20.6. The number of nitrogens with zero attached hydrogens (tertiary/aromatic N) is 2. The van der Waals surface area contributed by atoms with Crippen LogP contribution in [0.4, 0.5) is 0 Å². The van der Waals surface area contributed by atoms with Crippen molar-refractivity contribution in [1.29, 1.82) is 0 Å². The Morgan fingerprint density at radius 3 is 2.07 bits per heavy atom. The van der Waals surface area contributed by atoms with Gasteiger partial charge in [0.25, 0.3) is 0 Å². The molecule has 3 amide bonds. The smallest absolute Gasteiger partial charge is 0.222 e. The summed E-state index contributed by atoms with van der Waals surface area (Å²) in [5.74, 6) is 0.289. The summed E-state index contributed by atoms with van der Waals surface area (Å²) in [6, 6.07) is 0. The van der Waals surface area contributed by atoms with Gasteiger partial charge in [-0.15, -0.1) is 0 Å². The minimum absolute atomic E-state index is 0.0427. The average Bonchev–Trinajstić information content (AvgIpc) is 2.66. The lowest BCUT2D eigenvalue weighted by molar-refractivity contribution is -0.131. The molecule has 0 aromatic rings. The van der Waals surface area contributed by atoms with Gasteiger partial charge in [0.1, 0.15) is 0 Å². The molecular weight excluding hydrogens is 354 g/mol. The summed E-state index contributed by atoms with van der Waals surface area (Å²) in [4.78, 5) is 39.2. The van der Waals surface area contributed by atoms with E-state index in [1.165, 1.54) is 45.4 Å². The fourth-order valence-electron chi connectivity index (χ4n) is 3.75. The highest BCUT2D eigenvalue weighted by Crippen LogP contribution is 2.14. The number of carbonyl (C=O) groups excluding carboxylic acids is 3. The molecule has 0 atom stereocenters. The second-order valence-corrected chi connectivity index (χ2v) is 8.01. The van der Waals surface area contributed by atoms with Crippen LogP contribution in [0.2, 0.25) is 0 Å². The molecule has 1 rings (SSSR count). The van der Waals surface area contributed by atoms with Gasteiger partial charge in [0.15, 0.2) is 0 Å². The van der Waals surface area contributed by atoms with Gasteiger partial charge in [0, 0.05) is 53.0 Å². The first-order valence-electron chi connectivity index (χ1n) is 11.3. The van der Waals surface area contributed by atoms with E-state index in [4.69, 9.17) is 0 Å². The summed E-state index contributed by atoms with van der Waals surface area (Å²) >= 11 is 0. The normalized spacial score (nSPS) is 17.2. The minimum atomic E-state index is -0.0427. The van der Waals surface area contributed by atoms with Crippen LogP contribution in [0.1, 0.15) is 90.9 Å². The van der Waals surface area contributed by atoms with Crippen molar-refractivity contribution in [2.45, 2.75) is 90.9 Å². The molecule has 1 N–H and O–H groups in total. The summed E-state index contributed by atoms with van der Waals surface area (Å²) in [5.41, 5.74) is 0. The van der Waals surface area contributed by atoms with Gasteiger partial charge in [-0.2, -0.15) is 0 Å². The molecule has 0 aliphatic carbocycles. The van der Waals surface area contributed by atoms with Crippen molar-refractivity contribution < 1.29 is 14.4 Å².